The molecule has 32 heavy (non-hydrogen) atoms. The number of nitriles is 1. The lowest BCUT2D eigenvalue weighted by Gasteiger charge is -2.43. The topological polar surface area (TPSA) is 90.4 Å². The summed E-state index contributed by atoms with van der Waals surface area (Å²) in [6.45, 7) is 2.51. The van der Waals surface area contributed by atoms with Gasteiger partial charge in [0.2, 0.25) is 5.91 Å². The first kappa shape index (κ1) is 20.1. The summed E-state index contributed by atoms with van der Waals surface area (Å²) in [5.41, 5.74) is 8.66. The Morgan fingerprint density at radius 3 is 2.50 bits per heavy atom. The maximum Gasteiger partial charge on any atom is 0.247 e. The van der Waals surface area contributed by atoms with Crippen molar-refractivity contribution in [1.82, 2.24) is 0 Å². The van der Waals surface area contributed by atoms with Crippen molar-refractivity contribution in [3.8, 4) is 6.07 Å². The number of benzene rings is 2. The number of amides is 1. The van der Waals surface area contributed by atoms with Gasteiger partial charge in [0.05, 0.1) is 5.57 Å². The fourth-order valence-corrected chi connectivity index (χ4v) is 5.45. The molecule has 160 valence electrons. The molecule has 0 saturated heterocycles. The molecule has 6 heteroatoms. The molecule has 0 fully saturated rings. The van der Waals surface area contributed by atoms with Gasteiger partial charge >= 0.3 is 0 Å². The van der Waals surface area contributed by atoms with Crippen molar-refractivity contribution in [2.24, 2.45) is 5.73 Å². The molecule has 0 radical (unpaired) electrons. The smallest absolute Gasteiger partial charge is 0.247 e. The molecular formula is C26H24N4O2. The van der Waals surface area contributed by atoms with Crippen molar-refractivity contribution in [3.05, 3.63) is 82.8 Å². The monoisotopic (exact) mass is 424 g/mol. The number of rotatable bonds is 3. The molecule has 0 unspecified atom stereocenters. The lowest BCUT2D eigenvalue weighted by Crippen LogP contribution is -2.52. The van der Waals surface area contributed by atoms with Crippen molar-refractivity contribution in [1.29, 1.82) is 5.26 Å². The van der Waals surface area contributed by atoms with Gasteiger partial charge in [-0.15, -0.1) is 0 Å². The minimum atomic E-state index is -1.48. The number of hydrogen-bond donors (Lipinski definition) is 1. The Morgan fingerprint density at radius 1 is 1.06 bits per heavy atom. The van der Waals surface area contributed by atoms with E-state index in [0.29, 0.717) is 36.9 Å². The first-order valence-corrected chi connectivity index (χ1v) is 11.0. The molecule has 2 N–H and O–H groups in total. The van der Waals surface area contributed by atoms with Gasteiger partial charge in [0.25, 0.3) is 0 Å². The van der Waals surface area contributed by atoms with Gasteiger partial charge in [-0.1, -0.05) is 43.3 Å². The second-order valence-electron chi connectivity index (χ2n) is 8.37. The van der Waals surface area contributed by atoms with Gasteiger partial charge in [-0.3, -0.25) is 14.5 Å². The number of hydrogen-bond acceptors (Lipinski definition) is 5. The number of carbonyl (C=O) groups excluding carboxylic acids is 2. The number of anilines is 2. The van der Waals surface area contributed by atoms with E-state index in [1.54, 1.807) is 9.80 Å². The molecule has 0 bridgehead atoms. The van der Waals surface area contributed by atoms with Gasteiger partial charge in [0.15, 0.2) is 5.78 Å². The molecule has 2 aromatic carbocycles. The Hall–Kier alpha value is -3.85. The Balaban J connectivity index is 1.88. The average Bonchev–Trinajstić information content (AvgIpc) is 3.04. The highest BCUT2D eigenvalue weighted by Gasteiger charge is 2.62. The van der Waals surface area contributed by atoms with E-state index < -0.39 is 5.41 Å². The normalized spacial score (nSPS) is 22.4. The Morgan fingerprint density at radius 2 is 1.78 bits per heavy atom. The largest absolute Gasteiger partial charge is 0.384 e. The third-order valence-corrected chi connectivity index (χ3v) is 6.64. The summed E-state index contributed by atoms with van der Waals surface area (Å²) in [6, 6.07) is 19.2. The van der Waals surface area contributed by atoms with E-state index in [1.807, 2.05) is 61.5 Å². The van der Waals surface area contributed by atoms with Crippen LogP contribution in [-0.4, -0.2) is 18.2 Å². The summed E-state index contributed by atoms with van der Waals surface area (Å²) in [4.78, 5) is 31.2. The van der Waals surface area contributed by atoms with E-state index in [-0.39, 0.29) is 23.1 Å². The first-order valence-electron chi connectivity index (χ1n) is 11.0. The number of nitrogens with zero attached hydrogens (tertiary/aromatic N) is 3. The zero-order chi connectivity index (χ0) is 22.5. The van der Waals surface area contributed by atoms with Crippen LogP contribution in [-0.2, 0) is 15.0 Å². The molecule has 3 aliphatic rings. The maximum absolute atomic E-state index is 14.2. The first-order chi connectivity index (χ1) is 15.6. The molecule has 0 saturated carbocycles. The summed E-state index contributed by atoms with van der Waals surface area (Å²) in [7, 11) is 0. The Labute approximate surface area is 187 Å². The number of para-hydroxylation sites is 2. The predicted molar refractivity (Wildman–Crippen MR) is 122 cm³/mol. The fourth-order valence-electron chi connectivity index (χ4n) is 5.45. The second-order valence-corrected chi connectivity index (χ2v) is 8.37. The molecule has 1 aliphatic carbocycles. The lowest BCUT2D eigenvalue weighted by molar-refractivity contribution is -0.124. The highest BCUT2D eigenvalue weighted by molar-refractivity contribution is 6.20. The zero-order valence-electron chi connectivity index (χ0n) is 18.0. The third kappa shape index (κ3) is 2.45. The molecular weight excluding hydrogens is 400 g/mol. The van der Waals surface area contributed by atoms with Crippen LogP contribution in [0.1, 0.15) is 38.2 Å². The van der Waals surface area contributed by atoms with Gasteiger partial charge in [-0.05, 0) is 37.5 Å². The number of nitrogens with two attached hydrogens (primary N) is 1. The highest BCUT2D eigenvalue weighted by Crippen LogP contribution is 2.56. The molecule has 2 aliphatic heterocycles. The summed E-state index contributed by atoms with van der Waals surface area (Å²) in [6.07, 6.45) is 2.40. The van der Waals surface area contributed by atoms with Crippen molar-refractivity contribution in [2.45, 2.75) is 38.0 Å². The van der Waals surface area contributed by atoms with Crippen LogP contribution in [0.15, 0.2) is 77.3 Å². The van der Waals surface area contributed by atoms with Crippen LogP contribution in [0.5, 0.6) is 0 Å². The molecule has 2 heterocycles. The third-order valence-electron chi connectivity index (χ3n) is 6.64. The SMILES string of the molecule is CCCN1C(=O)[C@@]2(C(C#N)=C(N)N(c3ccccc3)C3=C2C(=O)CCC3)c2ccccc21. The molecule has 1 spiro atoms. The summed E-state index contributed by atoms with van der Waals surface area (Å²) < 4.78 is 0. The summed E-state index contributed by atoms with van der Waals surface area (Å²) in [5.74, 6) is -0.127. The van der Waals surface area contributed by atoms with Crippen molar-refractivity contribution >= 4 is 23.1 Å². The van der Waals surface area contributed by atoms with Crippen LogP contribution in [0.25, 0.3) is 0 Å². The number of allylic oxidation sites excluding steroid dienone is 1. The van der Waals surface area contributed by atoms with Crippen LogP contribution in [0.4, 0.5) is 11.4 Å². The van der Waals surface area contributed by atoms with Gasteiger partial charge in [-0.25, -0.2) is 0 Å². The van der Waals surface area contributed by atoms with Crippen LogP contribution in [0.2, 0.25) is 0 Å². The molecule has 1 atom stereocenters. The number of Topliss-reactive ketones (excluding diaryl/α,β-unsaturated/α-hetero) is 1. The zero-order valence-corrected chi connectivity index (χ0v) is 18.0. The Kier molecular flexibility index (Phi) is 4.63. The highest BCUT2D eigenvalue weighted by atomic mass is 16.2. The van der Waals surface area contributed by atoms with Gasteiger partial charge in [0.1, 0.15) is 17.3 Å². The lowest BCUT2D eigenvalue weighted by atomic mass is 9.64. The fraction of sp³-hybridized carbons (Fsp3) is 0.269. The molecule has 5 rings (SSSR count). The van der Waals surface area contributed by atoms with Crippen molar-refractivity contribution in [2.75, 3.05) is 16.3 Å². The molecule has 2 aromatic rings. The molecule has 6 nitrogen and oxygen atoms in total. The standard InChI is InChI=1S/C26H24N4O2/c1-2-15-29-20-12-7-6-11-18(20)26(25(29)32)19(16-27)24(28)30(17-9-4-3-5-10-17)21-13-8-14-22(31)23(21)26/h3-7,9-12H,2,8,13-15,28H2,1H3/t26-/m1/s1. The number of fused-ring (bicyclic) bond motifs is 3. The van der Waals surface area contributed by atoms with E-state index in [0.717, 1.165) is 23.5 Å². The van der Waals surface area contributed by atoms with Crippen LogP contribution in [0, 0.1) is 11.3 Å². The maximum atomic E-state index is 14.2. The molecule has 1 amide bonds. The second kappa shape index (κ2) is 7.38. The van der Waals surface area contributed by atoms with Crippen LogP contribution in [0.3, 0.4) is 0 Å². The van der Waals surface area contributed by atoms with Crippen molar-refractivity contribution in [3.63, 3.8) is 0 Å². The van der Waals surface area contributed by atoms with Crippen LogP contribution >= 0.6 is 0 Å². The minimum absolute atomic E-state index is 0.0890. The number of ketones is 1. The van der Waals surface area contributed by atoms with E-state index in [2.05, 4.69) is 6.07 Å². The van der Waals surface area contributed by atoms with E-state index >= 15 is 0 Å². The molecule has 0 aromatic heterocycles. The Bertz CT molecular complexity index is 1240. The minimum Gasteiger partial charge on any atom is -0.384 e. The van der Waals surface area contributed by atoms with Crippen molar-refractivity contribution < 1.29 is 9.59 Å². The van der Waals surface area contributed by atoms with E-state index in [9.17, 15) is 14.9 Å². The van der Waals surface area contributed by atoms with Gasteiger partial charge < -0.3 is 10.6 Å². The summed E-state index contributed by atoms with van der Waals surface area (Å²) in [5, 5.41) is 10.4. The number of carbonyl (C=O) groups is 2. The quantitative estimate of drug-likeness (QED) is 0.807. The predicted octanol–water partition coefficient (Wildman–Crippen LogP) is 3.90. The van der Waals surface area contributed by atoms with Gasteiger partial charge in [-0.2, -0.15) is 5.26 Å². The van der Waals surface area contributed by atoms with Gasteiger partial charge in [0, 0.05) is 41.2 Å². The van der Waals surface area contributed by atoms with E-state index in [1.165, 1.54) is 0 Å². The summed E-state index contributed by atoms with van der Waals surface area (Å²) >= 11 is 0. The van der Waals surface area contributed by atoms with Crippen LogP contribution < -0.4 is 15.5 Å². The van der Waals surface area contributed by atoms with E-state index in [4.69, 9.17) is 5.73 Å². The average molecular weight is 425 g/mol.